The topological polar surface area (TPSA) is 38.9 Å². The van der Waals surface area contributed by atoms with Crippen LogP contribution in [0.1, 0.15) is 32.7 Å². The zero-order valence-electron chi connectivity index (χ0n) is 10.8. The number of aromatic nitrogens is 1. The number of rotatable bonds is 3. The molecule has 0 fully saturated rings. The highest BCUT2D eigenvalue weighted by Gasteiger charge is 2.14. The number of halogens is 1. The van der Waals surface area contributed by atoms with Gasteiger partial charge in [-0.1, -0.05) is 18.2 Å². The summed E-state index contributed by atoms with van der Waals surface area (Å²) in [6.07, 6.45) is 0.818. The largest absolute Gasteiger partial charge is 0.324 e. The van der Waals surface area contributed by atoms with E-state index in [0.29, 0.717) is 0 Å². The van der Waals surface area contributed by atoms with E-state index in [-0.39, 0.29) is 6.04 Å². The van der Waals surface area contributed by atoms with E-state index in [9.17, 15) is 0 Å². The van der Waals surface area contributed by atoms with Crippen molar-refractivity contribution in [2.24, 2.45) is 5.73 Å². The number of nitrogens with two attached hydrogens (primary N) is 1. The van der Waals surface area contributed by atoms with Crippen molar-refractivity contribution in [3.63, 3.8) is 0 Å². The molecule has 0 amide bonds. The van der Waals surface area contributed by atoms with E-state index in [0.717, 1.165) is 17.1 Å². The number of nitrogens with zero attached hydrogens (tertiary/aromatic N) is 1. The molecule has 2 N–H and O–H groups in total. The molecule has 96 valence electrons. The minimum absolute atomic E-state index is 0.0294. The predicted octanol–water partition coefficient (Wildman–Crippen LogP) is 3.92. The van der Waals surface area contributed by atoms with Crippen LogP contribution in [-0.2, 0) is 6.42 Å². The van der Waals surface area contributed by atoms with Gasteiger partial charge in [0.15, 0.2) is 0 Å². The van der Waals surface area contributed by atoms with Gasteiger partial charge in [0.25, 0.3) is 0 Å². The van der Waals surface area contributed by atoms with Crippen molar-refractivity contribution in [3.8, 4) is 0 Å². The fourth-order valence-electron chi connectivity index (χ4n) is 1.88. The second-order valence-corrected chi connectivity index (χ2v) is 6.90. The number of hydrogen-bond donors (Lipinski definition) is 1. The lowest BCUT2D eigenvalue weighted by atomic mass is 10.0. The lowest BCUT2D eigenvalue weighted by Crippen LogP contribution is -2.15. The Morgan fingerprint density at radius 2 is 2.06 bits per heavy atom. The van der Waals surface area contributed by atoms with Gasteiger partial charge in [0.1, 0.15) is 0 Å². The zero-order valence-corrected chi connectivity index (χ0v) is 13.8. The van der Waals surface area contributed by atoms with Crippen molar-refractivity contribution in [2.75, 3.05) is 0 Å². The number of benzene rings is 1. The molecule has 2 aromatic rings. The van der Waals surface area contributed by atoms with Crippen LogP contribution in [0.25, 0.3) is 0 Å². The maximum absolute atomic E-state index is 6.32. The van der Waals surface area contributed by atoms with E-state index in [2.05, 4.69) is 66.5 Å². The third-order valence-electron chi connectivity index (χ3n) is 3.09. The molecule has 1 aromatic carbocycles. The molecule has 0 aliphatic carbocycles. The Kier molecular flexibility index (Phi) is 4.40. The van der Waals surface area contributed by atoms with E-state index in [1.165, 1.54) is 19.6 Å². The fraction of sp³-hybridized carbons (Fsp3) is 0.357. The van der Waals surface area contributed by atoms with E-state index < -0.39 is 0 Å². The maximum atomic E-state index is 6.32. The van der Waals surface area contributed by atoms with Gasteiger partial charge in [0.2, 0.25) is 0 Å². The van der Waals surface area contributed by atoms with Gasteiger partial charge < -0.3 is 5.73 Å². The van der Waals surface area contributed by atoms with Gasteiger partial charge in [-0.25, -0.2) is 4.98 Å². The first-order chi connectivity index (χ1) is 8.49. The third-order valence-corrected chi connectivity index (χ3v) is 5.66. The molecule has 0 saturated heterocycles. The van der Waals surface area contributed by atoms with Gasteiger partial charge in [-0.3, -0.25) is 0 Å². The standard InChI is InChI=1S/C14H17IN2S/c1-8-5-4-6-11(14(8)15)12(16)7-13-17-9(2)10(3)18-13/h4-6,12H,7,16H2,1-3H3. The molecule has 4 heteroatoms. The number of hydrogen-bond acceptors (Lipinski definition) is 3. The molecule has 0 bridgehead atoms. The van der Waals surface area contributed by atoms with E-state index >= 15 is 0 Å². The lowest BCUT2D eigenvalue weighted by molar-refractivity contribution is 0.712. The number of aryl methyl sites for hydroxylation is 3. The first-order valence-electron chi connectivity index (χ1n) is 5.92. The third kappa shape index (κ3) is 2.92. The molecule has 0 radical (unpaired) electrons. The van der Waals surface area contributed by atoms with Crippen LogP contribution in [0, 0.1) is 24.3 Å². The Hall–Kier alpha value is -0.460. The molecule has 0 aliphatic heterocycles. The van der Waals surface area contributed by atoms with Gasteiger partial charge in [-0.2, -0.15) is 0 Å². The Balaban J connectivity index is 2.21. The van der Waals surface area contributed by atoms with Crippen molar-refractivity contribution in [1.82, 2.24) is 4.98 Å². The van der Waals surface area contributed by atoms with Gasteiger partial charge in [-0.15, -0.1) is 11.3 Å². The smallest absolute Gasteiger partial charge is 0.0949 e. The van der Waals surface area contributed by atoms with Gasteiger partial charge in [0, 0.05) is 20.9 Å². The van der Waals surface area contributed by atoms with Crippen molar-refractivity contribution in [3.05, 3.63) is 48.5 Å². The van der Waals surface area contributed by atoms with Crippen LogP contribution in [0.15, 0.2) is 18.2 Å². The second kappa shape index (κ2) is 5.67. The molecule has 2 nitrogen and oxygen atoms in total. The molecule has 0 aliphatic rings. The van der Waals surface area contributed by atoms with Crippen LogP contribution in [0.4, 0.5) is 0 Å². The number of thiazole rings is 1. The Morgan fingerprint density at radius 1 is 1.33 bits per heavy atom. The van der Waals surface area contributed by atoms with Crippen LogP contribution in [0.3, 0.4) is 0 Å². The molecule has 1 atom stereocenters. The molecule has 2 rings (SSSR count). The SMILES string of the molecule is Cc1cccc(C(N)Cc2nc(C)c(C)s2)c1I. The second-order valence-electron chi connectivity index (χ2n) is 4.54. The Morgan fingerprint density at radius 3 is 2.67 bits per heavy atom. The van der Waals surface area contributed by atoms with E-state index in [1.54, 1.807) is 11.3 Å². The summed E-state index contributed by atoms with van der Waals surface area (Å²) in [5.41, 5.74) is 9.95. The van der Waals surface area contributed by atoms with Crippen molar-refractivity contribution in [2.45, 2.75) is 33.2 Å². The van der Waals surface area contributed by atoms with Crippen LogP contribution in [0.2, 0.25) is 0 Å². The molecule has 18 heavy (non-hydrogen) atoms. The highest BCUT2D eigenvalue weighted by molar-refractivity contribution is 14.1. The summed E-state index contributed by atoms with van der Waals surface area (Å²) in [5, 5.41) is 1.13. The molecule has 0 saturated carbocycles. The zero-order chi connectivity index (χ0) is 13.3. The highest BCUT2D eigenvalue weighted by Crippen LogP contribution is 2.26. The van der Waals surface area contributed by atoms with Gasteiger partial charge in [-0.05, 0) is 54.5 Å². The molecule has 1 unspecified atom stereocenters. The minimum atomic E-state index is 0.0294. The summed E-state index contributed by atoms with van der Waals surface area (Å²) in [7, 11) is 0. The first kappa shape index (κ1) is 14.0. The van der Waals surface area contributed by atoms with Crippen molar-refractivity contribution < 1.29 is 0 Å². The summed E-state index contributed by atoms with van der Waals surface area (Å²) in [4.78, 5) is 5.85. The highest BCUT2D eigenvalue weighted by atomic mass is 127. The summed E-state index contributed by atoms with van der Waals surface area (Å²) >= 11 is 4.13. The predicted molar refractivity (Wildman–Crippen MR) is 86.1 cm³/mol. The molecule has 1 heterocycles. The molecular formula is C14H17IN2S. The summed E-state index contributed by atoms with van der Waals surface area (Å²) in [6.45, 7) is 6.28. The summed E-state index contributed by atoms with van der Waals surface area (Å²) in [6, 6.07) is 6.34. The van der Waals surface area contributed by atoms with Crippen molar-refractivity contribution in [1.29, 1.82) is 0 Å². The molecule has 0 spiro atoms. The molecular weight excluding hydrogens is 355 g/mol. The summed E-state index contributed by atoms with van der Waals surface area (Å²) in [5.74, 6) is 0. The van der Waals surface area contributed by atoms with E-state index in [4.69, 9.17) is 5.73 Å². The van der Waals surface area contributed by atoms with Crippen LogP contribution < -0.4 is 5.73 Å². The van der Waals surface area contributed by atoms with Gasteiger partial charge >= 0.3 is 0 Å². The van der Waals surface area contributed by atoms with E-state index in [1.807, 2.05) is 0 Å². The van der Waals surface area contributed by atoms with Gasteiger partial charge in [0.05, 0.1) is 10.7 Å². The average molecular weight is 372 g/mol. The monoisotopic (exact) mass is 372 g/mol. The maximum Gasteiger partial charge on any atom is 0.0949 e. The van der Waals surface area contributed by atoms with Crippen LogP contribution in [-0.4, -0.2) is 4.98 Å². The minimum Gasteiger partial charge on any atom is -0.324 e. The van der Waals surface area contributed by atoms with Crippen LogP contribution >= 0.6 is 33.9 Å². The quantitative estimate of drug-likeness (QED) is 0.830. The lowest BCUT2D eigenvalue weighted by Gasteiger charge is -2.14. The van der Waals surface area contributed by atoms with Crippen LogP contribution in [0.5, 0.6) is 0 Å². The normalized spacial score (nSPS) is 12.7. The Bertz CT molecular complexity index is 543. The first-order valence-corrected chi connectivity index (χ1v) is 7.82. The summed E-state index contributed by atoms with van der Waals surface area (Å²) < 4.78 is 1.27. The van der Waals surface area contributed by atoms with Crippen molar-refractivity contribution >= 4 is 33.9 Å². The Labute approximate surface area is 126 Å². The molecule has 1 aromatic heterocycles. The fourth-order valence-corrected chi connectivity index (χ4v) is 3.63. The average Bonchev–Trinajstić information content (AvgIpc) is 2.61.